The van der Waals surface area contributed by atoms with Crippen molar-refractivity contribution in [2.75, 3.05) is 0 Å². The van der Waals surface area contributed by atoms with Crippen molar-refractivity contribution in [2.24, 2.45) is 0 Å². The fourth-order valence-electron chi connectivity index (χ4n) is 2.13. The number of rotatable bonds is 6. The van der Waals surface area contributed by atoms with Crippen molar-refractivity contribution >= 4 is 23.6 Å². The van der Waals surface area contributed by atoms with Crippen molar-refractivity contribution < 1.29 is 13.9 Å². The van der Waals surface area contributed by atoms with Gasteiger partial charge >= 0.3 is 0 Å². The number of carbonyl (C=O) groups is 1. The van der Waals surface area contributed by atoms with Gasteiger partial charge in [0.05, 0.1) is 5.02 Å². The normalized spacial score (nSPS) is 13.5. The van der Waals surface area contributed by atoms with E-state index in [0.717, 1.165) is 5.56 Å². The lowest BCUT2D eigenvalue weighted by molar-refractivity contribution is -0.119. The first-order valence-electron chi connectivity index (χ1n) is 7.88. The summed E-state index contributed by atoms with van der Waals surface area (Å²) in [5, 5.41) is 3.09. The first kappa shape index (κ1) is 18.9. The maximum absolute atomic E-state index is 13.3. The van der Waals surface area contributed by atoms with Crippen LogP contribution in [0.15, 0.2) is 42.6 Å². The van der Waals surface area contributed by atoms with E-state index in [1.165, 1.54) is 13.8 Å². The molecular weight excluding hydrogens is 343 g/mol. The van der Waals surface area contributed by atoms with Gasteiger partial charge in [-0.1, -0.05) is 29.8 Å². The zero-order valence-electron chi connectivity index (χ0n) is 14.3. The van der Waals surface area contributed by atoms with Crippen LogP contribution in [0, 0.1) is 0 Å². The second kappa shape index (κ2) is 8.62. The van der Waals surface area contributed by atoms with E-state index >= 15 is 0 Å². The van der Waals surface area contributed by atoms with Crippen molar-refractivity contribution in [3.63, 3.8) is 0 Å². The molecule has 1 amide bonds. The summed E-state index contributed by atoms with van der Waals surface area (Å²) in [5.41, 5.74) is 1.37. The minimum Gasteiger partial charge on any atom is -0.437 e. The highest BCUT2D eigenvalue weighted by molar-refractivity contribution is 6.32. The highest BCUT2D eigenvalue weighted by Gasteiger charge is 2.09. The van der Waals surface area contributed by atoms with E-state index in [9.17, 15) is 9.18 Å². The Morgan fingerprint density at radius 3 is 2.64 bits per heavy atom. The average Bonchev–Trinajstić information content (AvgIpc) is 2.55. The lowest BCUT2D eigenvalue weighted by atomic mass is 10.1. The maximum Gasteiger partial charge on any atom is 0.219 e. The van der Waals surface area contributed by atoms with Gasteiger partial charge < -0.3 is 10.1 Å². The number of nitrogens with one attached hydrogen (secondary N) is 1. The summed E-state index contributed by atoms with van der Waals surface area (Å²) < 4.78 is 18.9. The third-order valence-corrected chi connectivity index (χ3v) is 3.69. The molecule has 0 aliphatic rings. The summed E-state index contributed by atoms with van der Waals surface area (Å²) >= 11 is 6.12. The molecular formula is C19H20ClFN2O2. The second-order valence-corrected chi connectivity index (χ2v) is 6.09. The standard InChI is InChI=1S/C19H20ClFN2O2/c1-12(23-14(3)24)4-5-15-6-9-19(22-11-15)25-18-8-7-16(13(2)21)10-17(18)20/h4-13H,1-3H3,(H,23,24)/b5-4+/t12-,13?/m0/s1. The Morgan fingerprint density at radius 1 is 1.32 bits per heavy atom. The number of halogens is 2. The molecule has 0 fully saturated rings. The molecule has 1 heterocycles. The predicted molar refractivity (Wildman–Crippen MR) is 97.6 cm³/mol. The number of pyridine rings is 1. The molecule has 1 unspecified atom stereocenters. The van der Waals surface area contributed by atoms with E-state index in [1.54, 1.807) is 30.5 Å². The lowest BCUT2D eigenvalue weighted by Gasteiger charge is -2.09. The van der Waals surface area contributed by atoms with E-state index in [2.05, 4.69) is 10.3 Å². The van der Waals surface area contributed by atoms with Crippen molar-refractivity contribution in [3.05, 3.63) is 58.8 Å². The molecule has 132 valence electrons. The average molecular weight is 363 g/mol. The number of nitrogens with zero attached hydrogens (tertiary/aromatic N) is 1. The third-order valence-electron chi connectivity index (χ3n) is 3.40. The van der Waals surface area contributed by atoms with Crippen molar-refractivity contribution in [2.45, 2.75) is 33.0 Å². The van der Waals surface area contributed by atoms with Gasteiger partial charge in [-0.15, -0.1) is 0 Å². The van der Waals surface area contributed by atoms with Gasteiger partial charge in [-0.3, -0.25) is 4.79 Å². The van der Waals surface area contributed by atoms with E-state index in [0.29, 0.717) is 22.2 Å². The smallest absolute Gasteiger partial charge is 0.219 e. The molecule has 4 nitrogen and oxygen atoms in total. The topological polar surface area (TPSA) is 51.2 Å². The van der Waals surface area contributed by atoms with Gasteiger partial charge in [0.15, 0.2) is 0 Å². The first-order chi connectivity index (χ1) is 11.8. The second-order valence-electron chi connectivity index (χ2n) is 5.69. The molecule has 1 aromatic carbocycles. The molecule has 6 heteroatoms. The minimum atomic E-state index is -1.09. The molecule has 1 N–H and O–H groups in total. The largest absolute Gasteiger partial charge is 0.437 e. The molecule has 0 aliphatic heterocycles. The number of hydrogen-bond acceptors (Lipinski definition) is 3. The summed E-state index contributed by atoms with van der Waals surface area (Å²) in [6, 6.07) is 8.28. The Hall–Kier alpha value is -2.40. The summed E-state index contributed by atoms with van der Waals surface area (Å²) in [4.78, 5) is 15.2. The van der Waals surface area contributed by atoms with E-state index in [1.807, 2.05) is 25.1 Å². The Kier molecular flexibility index (Phi) is 6.53. The van der Waals surface area contributed by atoms with Crippen LogP contribution in [0.2, 0.25) is 5.02 Å². The van der Waals surface area contributed by atoms with Gasteiger partial charge in [0.1, 0.15) is 11.9 Å². The third kappa shape index (κ3) is 5.87. The number of benzene rings is 1. The van der Waals surface area contributed by atoms with Gasteiger partial charge in [-0.25, -0.2) is 9.37 Å². The fourth-order valence-corrected chi connectivity index (χ4v) is 2.36. The van der Waals surface area contributed by atoms with E-state index in [4.69, 9.17) is 16.3 Å². The maximum atomic E-state index is 13.3. The quantitative estimate of drug-likeness (QED) is 0.778. The highest BCUT2D eigenvalue weighted by Crippen LogP contribution is 2.31. The van der Waals surface area contributed by atoms with Crippen LogP contribution in [0.4, 0.5) is 4.39 Å². The molecule has 2 atom stereocenters. The molecule has 2 rings (SSSR count). The Balaban J connectivity index is 2.03. The molecule has 1 aromatic heterocycles. The van der Waals surface area contributed by atoms with Crippen molar-refractivity contribution in [3.8, 4) is 11.6 Å². The Bertz CT molecular complexity index is 761. The summed E-state index contributed by atoms with van der Waals surface area (Å²) in [7, 11) is 0. The van der Waals surface area contributed by atoms with Gasteiger partial charge in [0.2, 0.25) is 11.8 Å². The van der Waals surface area contributed by atoms with Crippen LogP contribution in [-0.2, 0) is 4.79 Å². The molecule has 25 heavy (non-hydrogen) atoms. The zero-order chi connectivity index (χ0) is 18.4. The van der Waals surface area contributed by atoms with Gasteiger partial charge in [-0.2, -0.15) is 0 Å². The van der Waals surface area contributed by atoms with Crippen LogP contribution < -0.4 is 10.1 Å². The van der Waals surface area contributed by atoms with Crippen LogP contribution in [0.25, 0.3) is 6.08 Å². The molecule has 0 saturated carbocycles. The molecule has 0 saturated heterocycles. The van der Waals surface area contributed by atoms with Crippen molar-refractivity contribution in [1.82, 2.24) is 10.3 Å². The van der Waals surface area contributed by atoms with Crippen LogP contribution >= 0.6 is 11.6 Å². The number of alkyl halides is 1. The van der Waals surface area contributed by atoms with Crippen LogP contribution in [0.3, 0.4) is 0 Å². The monoisotopic (exact) mass is 362 g/mol. The van der Waals surface area contributed by atoms with E-state index < -0.39 is 6.17 Å². The van der Waals surface area contributed by atoms with Gasteiger partial charge in [-0.05, 0) is 43.2 Å². The molecule has 2 aromatic rings. The molecule has 0 aliphatic carbocycles. The molecule has 0 spiro atoms. The lowest BCUT2D eigenvalue weighted by Crippen LogP contribution is -2.28. The molecule has 0 radical (unpaired) electrons. The summed E-state index contributed by atoms with van der Waals surface area (Å²) in [5.74, 6) is 0.722. The van der Waals surface area contributed by atoms with Crippen LogP contribution in [0.1, 0.15) is 38.1 Å². The SMILES string of the molecule is CC(=O)N[C@@H](C)/C=C/c1ccc(Oc2ccc(C(C)F)cc2Cl)nc1. The number of hydrogen-bond donors (Lipinski definition) is 1. The summed E-state index contributed by atoms with van der Waals surface area (Å²) in [6.45, 7) is 4.81. The Morgan fingerprint density at radius 2 is 2.08 bits per heavy atom. The summed E-state index contributed by atoms with van der Waals surface area (Å²) in [6.07, 6.45) is 4.29. The van der Waals surface area contributed by atoms with E-state index in [-0.39, 0.29) is 11.9 Å². The van der Waals surface area contributed by atoms with Crippen LogP contribution in [-0.4, -0.2) is 16.9 Å². The van der Waals surface area contributed by atoms with Crippen molar-refractivity contribution in [1.29, 1.82) is 0 Å². The van der Waals surface area contributed by atoms with Gasteiger partial charge in [0, 0.05) is 25.2 Å². The number of aromatic nitrogens is 1. The number of amides is 1. The first-order valence-corrected chi connectivity index (χ1v) is 8.25. The molecule has 0 bridgehead atoms. The predicted octanol–water partition coefficient (Wildman–Crippen LogP) is 5.10. The minimum absolute atomic E-state index is 0.0661. The zero-order valence-corrected chi connectivity index (χ0v) is 15.0. The highest BCUT2D eigenvalue weighted by atomic mass is 35.5. The van der Waals surface area contributed by atoms with Gasteiger partial charge in [0.25, 0.3) is 0 Å². The number of ether oxygens (including phenoxy) is 1. The Labute approximate surface area is 151 Å². The number of carbonyl (C=O) groups excluding carboxylic acids is 1. The fraction of sp³-hybridized carbons (Fsp3) is 0.263. The van der Waals surface area contributed by atoms with Crippen LogP contribution in [0.5, 0.6) is 11.6 Å².